The Labute approximate surface area is 274 Å². The molecule has 2 atom stereocenters. The standard InChI is InChI=1S/C30H40FN7O4.CH3FO.CH4O/c1-20(38(19-39)11-10-33-3)14-36-16-25(15-34-4)23-7-8-26(29(40)35-5)28(13-23)37-17-24-12-22(6-9-27(24)31)18-42-30(41)21(2)32;2-1-3;1-2/h6-9,12-13,15-16,19-21,33,37H,4,10-11,14,17-18,32H2,1-3,5H3,(H,35,40);3H,1H2;2H,1H3/b25-15+,36-16?;;/t20-,21?;;/m1../s1. The minimum Gasteiger partial charge on any atom is -0.460 e. The first-order valence-electron chi connectivity index (χ1n) is 14.5. The second-order valence-corrected chi connectivity index (χ2v) is 9.69. The first-order chi connectivity index (χ1) is 22.6. The van der Waals surface area contributed by atoms with Gasteiger partial charge in [0.2, 0.25) is 6.41 Å². The summed E-state index contributed by atoms with van der Waals surface area (Å²) in [6, 6.07) is 8.66. The fraction of sp³-hybridized carbons (Fsp3) is 0.406. The van der Waals surface area contributed by atoms with Crippen LogP contribution >= 0.6 is 0 Å². The number of aliphatic imine (C=N–C) groups is 2. The van der Waals surface area contributed by atoms with Crippen LogP contribution in [0, 0.1) is 5.82 Å². The van der Waals surface area contributed by atoms with Crippen LogP contribution in [-0.4, -0.2) is 106 Å². The number of alkyl halides is 1. The summed E-state index contributed by atoms with van der Waals surface area (Å²) in [6.07, 6.45) is 3.98. The van der Waals surface area contributed by atoms with Gasteiger partial charge in [-0.15, -0.1) is 0 Å². The van der Waals surface area contributed by atoms with Crippen molar-refractivity contribution in [3.63, 3.8) is 0 Å². The molecule has 0 radical (unpaired) electrons. The van der Waals surface area contributed by atoms with Crippen LogP contribution in [-0.2, 0) is 27.5 Å². The highest BCUT2D eigenvalue weighted by molar-refractivity contribution is 6.11. The topological polar surface area (TPSA) is 191 Å². The first-order valence-corrected chi connectivity index (χ1v) is 14.5. The molecule has 0 bridgehead atoms. The molecule has 2 amide bonds. The fourth-order valence-electron chi connectivity index (χ4n) is 3.84. The third-order valence-electron chi connectivity index (χ3n) is 6.31. The highest BCUT2D eigenvalue weighted by Crippen LogP contribution is 2.24. The van der Waals surface area contributed by atoms with Crippen LogP contribution in [0.5, 0.6) is 0 Å². The van der Waals surface area contributed by atoms with Gasteiger partial charge in [-0.25, -0.2) is 8.78 Å². The van der Waals surface area contributed by atoms with E-state index in [0.29, 0.717) is 53.1 Å². The molecule has 15 heteroatoms. The number of amides is 2. The maximum atomic E-state index is 14.7. The van der Waals surface area contributed by atoms with Gasteiger partial charge in [0.15, 0.2) is 6.86 Å². The molecule has 0 aliphatic carbocycles. The Morgan fingerprint density at radius 3 is 2.43 bits per heavy atom. The van der Waals surface area contributed by atoms with Crippen molar-refractivity contribution < 1.29 is 38.1 Å². The number of halogens is 2. The Kier molecular flexibility index (Phi) is 22.2. The summed E-state index contributed by atoms with van der Waals surface area (Å²) < 4.78 is 29.7. The Hall–Kier alpha value is -4.57. The Morgan fingerprint density at radius 1 is 1.17 bits per heavy atom. The van der Waals surface area contributed by atoms with Gasteiger partial charge in [-0.3, -0.25) is 24.4 Å². The predicted molar refractivity (Wildman–Crippen MR) is 180 cm³/mol. The molecule has 0 heterocycles. The van der Waals surface area contributed by atoms with E-state index in [-0.39, 0.29) is 25.1 Å². The zero-order chi connectivity index (χ0) is 35.8. The number of ether oxygens (including phenoxy) is 1. The summed E-state index contributed by atoms with van der Waals surface area (Å²) in [4.78, 5) is 45.8. The number of benzene rings is 2. The van der Waals surface area contributed by atoms with Crippen molar-refractivity contribution in [2.75, 3.05) is 53.0 Å². The van der Waals surface area contributed by atoms with Crippen molar-refractivity contribution >= 4 is 42.5 Å². The SMILES string of the molecule is C=N/C=C(\C=NC[C@@H](C)N(C=O)CCNC)c1ccc(C(=O)NC)c(NCc2cc(COC(=O)C(C)N)ccc2F)c1.CO.OCF. The Balaban J connectivity index is 0.00000399. The van der Waals surface area contributed by atoms with Crippen molar-refractivity contribution in [2.45, 2.75) is 39.1 Å². The summed E-state index contributed by atoms with van der Waals surface area (Å²) in [5.74, 6) is -1.34. The van der Waals surface area contributed by atoms with Gasteiger partial charge in [0, 0.05) is 69.1 Å². The van der Waals surface area contributed by atoms with Crippen LogP contribution in [0.15, 0.2) is 52.6 Å². The number of rotatable bonds is 17. The number of likely N-dealkylation sites (N-methyl/N-ethyl adjacent to an activating group) is 1. The van der Waals surface area contributed by atoms with Crippen LogP contribution in [0.2, 0.25) is 0 Å². The smallest absolute Gasteiger partial charge is 0.322 e. The number of nitrogens with two attached hydrogens (primary N) is 1. The molecule has 0 aliphatic heterocycles. The molecule has 7 N–H and O–H groups in total. The molecular formula is C32H47F2N7O6. The van der Waals surface area contributed by atoms with Crippen molar-refractivity contribution in [3.8, 4) is 0 Å². The number of carbonyl (C=O) groups excluding carboxylic acids is 3. The number of hydrogen-bond acceptors (Lipinski definition) is 11. The minimum absolute atomic E-state index is 0.0482. The van der Waals surface area contributed by atoms with Gasteiger partial charge in [0.25, 0.3) is 5.91 Å². The molecule has 260 valence electrons. The molecule has 0 saturated carbocycles. The van der Waals surface area contributed by atoms with Gasteiger partial charge in [-0.1, -0.05) is 12.1 Å². The van der Waals surface area contributed by atoms with Crippen molar-refractivity contribution in [1.29, 1.82) is 0 Å². The number of aliphatic hydroxyl groups is 2. The third kappa shape index (κ3) is 15.5. The summed E-state index contributed by atoms with van der Waals surface area (Å²) in [6.45, 7) is 7.32. The van der Waals surface area contributed by atoms with Crippen LogP contribution in [0.4, 0.5) is 14.5 Å². The molecule has 0 saturated heterocycles. The number of nitrogens with one attached hydrogen (secondary N) is 3. The lowest BCUT2D eigenvalue weighted by atomic mass is 10.0. The number of esters is 1. The number of hydrogen-bond donors (Lipinski definition) is 6. The van der Waals surface area contributed by atoms with Crippen molar-refractivity contribution in [3.05, 3.63) is 70.7 Å². The van der Waals surface area contributed by atoms with Gasteiger partial charge in [-0.05, 0) is 63.0 Å². The number of carbonyl (C=O) groups is 3. The fourth-order valence-corrected chi connectivity index (χ4v) is 3.84. The van der Waals surface area contributed by atoms with Gasteiger partial charge < -0.3 is 41.5 Å². The second-order valence-electron chi connectivity index (χ2n) is 9.69. The van der Waals surface area contributed by atoms with Crippen molar-refractivity contribution in [1.82, 2.24) is 15.5 Å². The molecule has 2 aromatic rings. The Morgan fingerprint density at radius 2 is 1.85 bits per heavy atom. The first kappa shape index (κ1) is 42.4. The molecule has 0 aliphatic rings. The van der Waals surface area contributed by atoms with Crippen LogP contribution < -0.4 is 21.7 Å². The lowest BCUT2D eigenvalue weighted by molar-refractivity contribution is -0.146. The largest absolute Gasteiger partial charge is 0.460 e. The Bertz CT molecular complexity index is 1320. The average Bonchev–Trinajstić information content (AvgIpc) is 3.07. The summed E-state index contributed by atoms with van der Waals surface area (Å²) >= 11 is 0. The number of aliphatic hydroxyl groups excluding tert-OH is 2. The molecule has 13 nitrogen and oxygen atoms in total. The molecule has 47 heavy (non-hydrogen) atoms. The number of anilines is 1. The van der Waals surface area contributed by atoms with E-state index in [1.54, 1.807) is 35.4 Å². The van der Waals surface area contributed by atoms with Gasteiger partial charge in [-0.2, -0.15) is 0 Å². The number of nitrogens with zero attached hydrogens (tertiary/aromatic N) is 3. The molecular weight excluding hydrogens is 616 g/mol. The summed E-state index contributed by atoms with van der Waals surface area (Å²) in [7, 11) is 4.34. The van der Waals surface area contributed by atoms with E-state index in [1.807, 2.05) is 14.0 Å². The van der Waals surface area contributed by atoms with E-state index in [9.17, 15) is 23.2 Å². The van der Waals surface area contributed by atoms with E-state index in [0.717, 1.165) is 13.5 Å². The van der Waals surface area contributed by atoms with Crippen LogP contribution in [0.25, 0.3) is 5.57 Å². The highest BCUT2D eigenvalue weighted by atomic mass is 19.1. The predicted octanol–water partition coefficient (Wildman–Crippen LogP) is 1.88. The molecule has 1 unspecified atom stereocenters. The molecule has 2 rings (SSSR count). The monoisotopic (exact) mass is 663 g/mol. The van der Waals surface area contributed by atoms with Crippen molar-refractivity contribution in [2.24, 2.45) is 15.7 Å². The van der Waals surface area contributed by atoms with E-state index >= 15 is 0 Å². The maximum absolute atomic E-state index is 14.7. The van der Waals surface area contributed by atoms with Gasteiger partial charge >= 0.3 is 5.97 Å². The van der Waals surface area contributed by atoms with Crippen LogP contribution in [0.3, 0.4) is 0 Å². The maximum Gasteiger partial charge on any atom is 0.322 e. The lowest BCUT2D eigenvalue weighted by Crippen LogP contribution is -2.38. The average molecular weight is 664 g/mol. The van der Waals surface area contributed by atoms with E-state index in [2.05, 4.69) is 32.7 Å². The zero-order valence-electron chi connectivity index (χ0n) is 27.5. The molecule has 0 spiro atoms. The minimum atomic E-state index is -1.25. The molecule has 2 aromatic carbocycles. The van der Waals surface area contributed by atoms with Gasteiger partial charge in [0.1, 0.15) is 18.5 Å². The molecule has 0 aromatic heterocycles. The quantitative estimate of drug-likeness (QED) is 0.0834. The van der Waals surface area contributed by atoms with Crippen LogP contribution in [0.1, 0.15) is 40.9 Å². The summed E-state index contributed by atoms with van der Waals surface area (Å²) in [5, 5.41) is 22.7. The van der Waals surface area contributed by atoms with E-state index in [1.165, 1.54) is 32.3 Å². The second kappa shape index (κ2) is 24.6. The lowest BCUT2D eigenvalue weighted by Gasteiger charge is -2.23. The summed E-state index contributed by atoms with van der Waals surface area (Å²) in [5.41, 5.74) is 8.56. The van der Waals surface area contributed by atoms with Gasteiger partial charge in [0.05, 0.1) is 12.1 Å². The third-order valence-corrected chi connectivity index (χ3v) is 6.31. The highest BCUT2D eigenvalue weighted by Gasteiger charge is 2.15. The normalized spacial score (nSPS) is 12.0. The van der Waals surface area contributed by atoms with E-state index < -0.39 is 24.7 Å². The zero-order valence-corrected chi connectivity index (χ0v) is 27.5. The molecule has 0 fully saturated rings. The van der Waals surface area contributed by atoms with E-state index in [4.69, 9.17) is 20.7 Å². The number of allylic oxidation sites excluding steroid dienone is 1.